The molecule has 4 nitrogen and oxygen atoms in total. The molecule has 2 atom stereocenters. The molecular weight excluding hydrogens is 473 g/mol. The van der Waals surface area contributed by atoms with E-state index in [1.807, 2.05) is 27.7 Å². The topological polar surface area (TPSA) is 63.1 Å². The van der Waals surface area contributed by atoms with Gasteiger partial charge in [-0.15, -0.1) is 11.8 Å². The molecule has 0 saturated heterocycles. The van der Waals surface area contributed by atoms with Gasteiger partial charge in [0.25, 0.3) is 0 Å². The van der Waals surface area contributed by atoms with E-state index < -0.39 is 11.9 Å². The zero-order chi connectivity index (χ0) is 26.3. The van der Waals surface area contributed by atoms with Gasteiger partial charge in [-0.3, -0.25) is 4.79 Å². The first-order chi connectivity index (χ1) is 16.5. The number of aromatic nitrogens is 2. The molecule has 0 fully saturated rings. The Morgan fingerprint density at radius 2 is 1.69 bits per heavy atom. The van der Waals surface area contributed by atoms with Gasteiger partial charge in [0.2, 0.25) is 0 Å². The summed E-state index contributed by atoms with van der Waals surface area (Å²) in [5, 5.41) is 11.3. The summed E-state index contributed by atoms with van der Waals surface area (Å²) in [6.07, 6.45) is -0.368. The lowest BCUT2D eigenvalue weighted by atomic mass is 9.76. The molecule has 8 heteroatoms. The summed E-state index contributed by atoms with van der Waals surface area (Å²) in [5.41, 5.74) is 3.61. The van der Waals surface area contributed by atoms with Crippen molar-refractivity contribution in [2.24, 2.45) is 11.8 Å². The van der Waals surface area contributed by atoms with Crippen molar-refractivity contribution < 1.29 is 23.1 Å². The van der Waals surface area contributed by atoms with Gasteiger partial charge in [0.1, 0.15) is 10.8 Å². The number of nitrogens with zero attached hydrogens (tertiary/aromatic N) is 2. The largest absolute Gasteiger partial charge is 0.512 e. The molecule has 0 radical (unpaired) electrons. The Morgan fingerprint density at radius 1 is 1.09 bits per heavy atom. The first kappa shape index (κ1) is 28.9. The minimum Gasteiger partial charge on any atom is -0.512 e. The predicted molar refractivity (Wildman–Crippen MR) is 135 cm³/mol. The van der Waals surface area contributed by atoms with Crippen LogP contribution in [0.1, 0.15) is 75.4 Å². The first-order valence-corrected chi connectivity index (χ1v) is 13.1. The number of Topliss-reactive ketones (excluding diaryl/α,β-unsaturated/α-hetero) is 1. The number of aliphatic hydroxyl groups is 1. The Kier molecular flexibility index (Phi) is 10.4. The second-order valence-corrected chi connectivity index (χ2v) is 9.64. The number of benzene rings is 1. The maximum absolute atomic E-state index is 13.2. The SMILES string of the molecule is CC.CCc1cc(C)cc(CC)c1C1=C(O)CC(C(C)CSc2cnc(C(F)(F)F)cn2)CC1=O. The van der Waals surface area contributed by atoms with Gasteiger partial charge < -0.3 is 5.11 Å². The third kappa shape index (κ3) is 7.09. The summed E-state index contributed by atoms with van der Waals surface area (Å²) in [6, 6.07) is 4.16. The Morgan fingerprint density at radius 3 is 2.14 bits per heavy atom. The van der Waals surface area contributed by atoms with E-state index in [0.29, 0.717) is 29.2 Å². The molecule has 1 aliphatic rings. The predicted octanol–water partition coefficient (Wildman–Crippen LogP) is 7.63. The number of thioether (sulfide) groups is 1. The van der Waals surface area contributed by atoms with E-state index >= 15 is 0 Å². The van der Waals surface area contributed by atoms with Crippen molar-refractivity contribution in [3.8, 4) is 0 Å². The fourth-order valence-electron chi connectivity index (χ4n) is 4.32. The maximum atomic E-state index is 13.2. The molecule has 1 heterocycles. The second kappa shape index (κ2) is 12.6. The first-order valence-electron chi connectivity index (χ1n) is 12.1. The molecule has 3 rings (SSSR count). The molecular formula is C27H35F3N2O2S. The number of aryl methyl sites for hydroxylation is 3. The maximum Gasteiger partial charge on any atom is 0.434 e. The van der Waals surface area contributed by atoms with E-state index in [0.717, 1.165) is 47.5 Å². The van der Waals surface area contributed by atoms with Crippen LogP contribution >= 0.6 is 11.8 Å². The van der Waals surface area contributed by atoms with E-state index in [9.17, 15) is 23.1 Å². The molecule has 0 amide bonds. The average Bonchev–Trinajstić information content (AvgIpc) is 2.83. The molecule has 1 aromatic heterocycles. The van der Waals surface area contributed by atoms with Crippen LogP contribution in [0.25, 0.3) is 5.57 Å². The van der Waals surface area contributed by atoms with Crippen LogP contribution in [0.5, 0.6) is 0 Å². The van der Waals surface area contributed by atoms with E-state index in [1.165, 1.54) is 11.8 Å². The van der Waals surface area contributed by atoms with Crippen molar-refractivity contribution in [2.75, 3.05) is 5.75 Å². The van der Waals surface area contributed by atoms with Gasteiger partial charge in [-0.2, -0.15) is 13.2 Å². The van der Waals surface area contributed by atoms with E-state index in [2.05, 4.69) is 35.9 Å². The smallest absolute Gasteiger partial charge is 0.434 e. The number of carbonyl (C=O) groups is 1. The van der Waals surface area contributed by atoms with Crippen molar-refractivity contribution in [1.82, 2.24) is 9.97 Å². The van der Waals surface area contributed by atoms with E-state index in [1.54, 1.807) is 0 Å². The molecule has 0 saturated carbocycles. The molecule has 0 spiro atoms. The number of aliphatic hydroxyl groups excluding tert-OH is 1. The highest BCUT2D eigenvalue weighted by molar-refractivity contribution is 7.99. The normalized spacial score (nSPS) is 17.2. The van der Waals surface area contributed by atoms with Crippen molar-refractivity contribution in [2.45, 2.75) is 78.4 Å². The standard InChI is InChI=1S/C25H29F3N2O2S.C2H6/c1-5-16-7-14(3)8-17(6-2)23(16)24-19(31)9-18(10-20(24)32)15(4)13-33-22-12-29-21(11-30-22)25(26,27)28;1-2/h7-8,11-12,15,18,31H,5-6,9-10,13H2,1-4H3;1-2H3. The van der Waals surface area contributed by atoms with Crippen molar-refractivity contribution in [3.63, 3.8) is 0 Å². The van der Waals surface area contributed by atoms with Crippen LogP contribution in [0.4, 0.5) is 13.2 Å². The van der Waals surface area contributed by atoms with Crippen molar-refractivity contribution in [3.05, 3.63) is 58.2 Å². The van der Waals surface area contributed by atoms with Gasteiger partial charge in [0.15, 0.2) is 11.5 Å². The van der Waals surface area contributed by atoms with E-state index in [4.69, 9.17) is 0 Å². The molecule has 192 valence electrons. The fraction of sp³-hybridized carbons (Fsp3) is 0.519. The number of halogens is 3. The van der Waals surface area contributed by atoms with Gasteiger partial charge in [0, 0.05) is 18.6 Å². The molecule has 1 aliphatic carbocycles. The van der Waals surface area contributed by atoms with Gasteiger partial charge in [-0.05, 0) is 48.3 Å². The molecule has 0 aliphatic heterocycles. The molecule has 1 aromatic carbocycles. The highest BCUT2D eigenvalue weighted by atomic mass is 32.2. The van der Waals surface area contributed by atoms with Crippen LogP contribution in [-0.4, -0.2) is 26.6 Å². The third-order valence-electron chi connectivity index (χ3n) is 6.15. The number of hydrogen-bond donors (Lipinski definition) is 1. The number of ketones is 1. The summed E-state index contributed by atoms with van der Waals surface area (Å²) < 4.78 is 37.9. The van der Waals surface area contributed by atoms with Crippen LogP contribution < -0.4 is 0 Å². The zero-order valence-electron chi connectivity index (χ0n) is 21.3. The number of alkyl halides is 3. The number of hydrogen-bond acceptors (Lipinski definition) is 5. The van der Waals surface area contributed by atoms with Crippen LogP contribution in [0, 0.1) is 18.8 Å². The number of carbonyl (C=O) groups excluding carboxylic acids is 1. The minimum atomic E-state index is -4.51. The second-order valence-electron chi connectivity index (χ2n) is 8.60. The lowest BCUT2D eigenvalue weighted by molar-refractivity contribution is -0.141. The molecule has 2 aromatic rings. The minimum absolute atomic E-state index is 0.0447. The Bertz CT molecular complexity index is 1020. The Balaban J connectivity index is 0.00000210. The Labute approximate surface area is 210 Å². The molecule has 1 N–H and O–H groups in total. The molecule has 35 heavy (non-hydrogen) atoms. The Hall–Kier alpha value is -2.35. The zero-order valence-corrected chi connectivity index (χ0v) is 22.1. The van der Waals surface area contributed by atoms with Gasteiger partial charge in [-0.25, -0.2) is 9.97 Å². The van der Waals surface area contributed by atoms with Crippen molar-refractivity contribution >= 4 is 23.1 Å². The summed E-state index contributed by atoms with van der Waals surface area (Å²) in [6.45, 7) is 12.1. The van der Waals surface area contributed by atoms with Crippen LogP contribution in [0.2, 0.25) is 0 Å². The third-order valence-corrected chi connectivity index (χ3v) is 7.34. The summed E-state index contributed by atoms with van der Waals surface area (Å²) in [5.74, 6) is 0.655. The van der Waals surface area contributed by atoms with Gasteiger partial charge >= 0.3 is 6.18 Å². The lowest BCUT2D eigenvalue weighted by Crippen LogP contribution is -2.25. The van der Waals surface area contributed by atoms with Crippen molar-refractivity contribution in [1.29, 1.82) is 0 Å². The quantitative estimate of drug-likeness (QED) is 0.390. The van der Waals surface area contributed by atoms with Crippen LogP contribution in [-0.2, 0) is 23.8 Å². The molecule has 0 bridgehead atoms. The monoisotopic (exact) mass is 508 g/mol. The van der Waals surface area contributed by atoms with Crippen LogP contribution in [0.15, 0.2) is 35.3 Å². The summed E-state index contributed by atoms with van der Waals surface area (Å²) >= 11 is 1.30. The summed E-state index contributed by atoms with van der Waals surface area (Å²) in [4.78, 5) is 20.5. The molecule has 2 unspecified atom stereocenters. The van der Waals surface area contributed by atoms with Gasteiger partial charge in [-0.1, -0.05) is 52.3 Å². The summed E-state index contributed by atoms with van der Waals surface area (Å²) in [7, 11) is 0. The fourth-order valence-corrected chi connectivity index (χ4v) is 5.28. The highest BCUT2D eigenvalue weighted by Crippen LogP contribution is 2.39. The van der Waals surface area contributed by atoms with E-state index in [-0.39, 0.29) is 23.4 Å². The average molecular weight is 509 g/mol. The highest BCUT2D eigenvalue weighted by Gasteiger charge is 2.34. The van der Waals surface area contributed by atoms with Gasteiger partial charge in [0.05, 0.1) is 18.0 Å². The lowest BCUT2D eigenvalue weighted by Gasteiger charge is -2.29. The number of rotatable bonds is 7. The number of allylic oxidation sites excluding steroid dienone is 2. The van der Waals surface area contributed by atoms with Crippen LogP contribution in [0.3, 0.4) is 0 Å².